The van der Waals surface area contributed by atoms with Crippen molar-refractivity contribution in [3.8, 4) is 0 Å². The molecule has 1 aliphatic rings. The molecule has 3 rings (SSSR count). The summed E-state index contributed by atoms with van der Waals surface area (Å²) in [7, 11) is 0. The Bertz CT molecular complexity index is 662. The van der Waals surface area contributed by atoms with Crippen LogP contribution >= 0.6 is 0 Å². The minimum absolute atomic E-state index is 0.0700. The van der Waals surface area contributed by atoms with Gasteiger partial charge < -0.3 is 10.7 Å². The van der Waals surface area contributed by atoms with Gasteiger partial charge in [0.05, 0.1) is 12.1 Å². The lowest BCUT2D eigenvalue weighted by molar-refractivity contribution is -0.119. The molecule has 5 nitrogen and oxygen atoms in total. The largest absolute Gasteiger partial charge is 0.344 e. The number of hydrogen-bond acceptors (Lipinski definition) is 3. The third-order valence-corrected chi connectivity index (χ3v) is 3.95. The number of hydrogen-bond donors (Lipinski definition) is 2. The first-order valence-corrected chi connectivity index (χ1v) is 7.32. The fourth-order valence-corrected chi connectivity index (χ4v) is 2.82. The van der Waals surface area contributed by atoms with Gasteiger partial charge in [-0.05, 0) is 25.0 Å². The smallest absolute Gasteiger partial charge is 0.244 e. The molecule has 2 atom stereocenters. The highest BCUT2D eigenvalue weighted by Gasteiger charge is 2.37. The fraction of sp³-hybridized carbons (Fsp3) is 0.375. The molecule has 2 heterocycles. The van der Waals surface area contributed by atoms with Gasteiger partial charge >= 0.3 is 0 Å². The van der Waals surface area contributed by atoms with Crippen LogP contribution in [0.2, 0.25) is 0 Å². The van der Waals surface area contributed by atoms with E-state index in [2.05, 4.69) is 23.0 Å². The molecule has 0 fully saturated rings. The first kappa shape index (κ1) is 13.8. The molecule has 3 N–H and O–H groups in total. The van der Waals surface area contributed by atoms with E-state index in [1.165, 1.54) is 0 Å². The summed E-state index contributed by atoms with van der Waals surface area (Å²) in [5.74, 6) is 0.761. The second-order valence-corrected chi connectivity index (χ2v) is 5.49. The predicted molar refractivity (Wildman–Crippen MR) is 82.0 cm³/mol. The molecule has 0 saturated heterocycles. The number of carbonyl (C=O) groups excluding carboxylic acids is 1. The number of nitrogens with zero attached hydrogens (tertiary/aromatic N) is 2. The number of H-pyrrole nitrogens is 1. The second-order valence-electron chi connectivity index (χ2n) is 5.49. The molecule has 1 aliphatic heterocycles. The number of nitrogens with one attached hydrogen (secondary N) is 1. The van der Waals surface area contributed by atoms with Crippen LogP contribution in [0.4, 0.5) is 5.69 Å². The first-order chi connectivity index (χ1) is 10.1. The molecule has 2 aromatic rings. The topological polar surface area (TPSA) is 75.0 Å². The summed E-state index contributed by atoms with van der Waals surface area (Å²) in [5, 5.41) is 0. The maximum atomic E-state index is 12.5. The Morgan fingerprint density at radius 2 is 2.29 bits per heavy atom. The second kappa shape index (κ2) is 5.33. The van der Waals surface area contributed by atoms with E-state index >= 15 is 0 Å². The number of para-hydroxylation sites is 1. The number of aromatic amines is 1. The molecular weight excluding hydrogens is 264 g/mol. The van der Waals surface area contributed by atoms with Crippen LogP contribution in [0, 0.1) is 0 Å². The Balaban J connectivity index is 2.02. The number of imidazole rings is 1. The molecule has 0 saturated carbocycles. The molecule has 1 amide bonds. The number of benzene rings is 1. The first-order valence-electron chi connectivity index (χ1n) is 7.32. The highest BCUT2D eigenvalue weighted by molar-refractivity contribution is 5.99. The Labute approximate surface area is 124 Å². The SMILES string of the molecule is CCc1cnc(C2Cc3ccccc3N2C(=O)C(C)N)[nH]1. The number of rotatable bonds is 3. The van der Waals surface area contributed by atoms with E-state index in [0.717, 1.165) is 35.6 Å². The van der Waals surface area contributed by atoms with Gasteiger partial charge in [0.15, 0.2) is 0 Å². The Kier molecular flexibility index (Phi) is 3.51. The molecule has 110 valence electrons. The lowest BCUT2D eigenvalue weighted by atomic mass is 10.1. The highest BCUT2D eigenvalue weighted by atomic mass is 16.2. The number of carbonyl (C=O) groups is 1. The average molecular weight is 284 g/mol. The molecule has 0 radical (unpaired) electrons. The van der Waals surface area contributed by atoms with Crippen molar-refractivity contribution in [1.29, 1.82) is 0 Å². The summed E-state index contributed by atoms with van der Waals surface area (Å²) in [6.07, 6.45) is 3.51. The third kappa shape index (κ3) is 2.34. The van der Waals surface area contributed by atoms with Crippen molar-refractivity contribution in [2.24, 2.45) is 5.73 Å². The van der Waals surface area contributed by atoms with Crippen molar-refractivity contribution in [3.05, 3.63) is 47.5 Å². The number of fused-ring (bicyclic) bond motifs is 1. The molecule has 2 unspecified atom stereocenters. The van der Waals surface area contributed by atoms with Crippen molar-refractivity contribution < 1.29 is 4.79 Å². The van der Waals surface area contributed by atoms with Gasteiger partial charge in [-0.2, -0.15) is 0 Å². The van der Waals surface area contributed by atoms with Gasteiger partial charge in [0.2, 0.25) is 5.91 Å². The number of aryl methyl sites for hydroxylation is 1. The van der Waals surface area contributed by atoms with Gasteiger partial charge in [-0.3, -0.25) is 9.69 Å². The van der Waals surface area contributed by atoms with E-state index in [4.69, 9.17) is 5.73 Å². The summed E-state index contributed by atoms with van der Waals surface area (Å²) in [6, 6.07) is 7.35. The van der Waals surface area contributed by atoms with E-state index in [1.54, 1.807) is 11.8 Å². The van der Waals surface area contributed by atoms with E-state index in [-0.39, 0.29) is 11.9 Å². The number of amides is 1. The van der Waals surface area contributed by atoms with Crippen molar-refractivity contribution in [1.82, 2.24) is 9.97 Å². The van der Waals surface area contributed by atoms with Gasteiger partial charge in [-0.25, -0.2) is 4.98 Å². The lowest BCUT2D eigenvalue weighted by Crippen LogP contribution is -2.43. The van der Waals surface area contributed by atoms with Crippen LogP contribution in [0.3, 0.4) is 0 Å². The van der Waals surface area contributed by atoms with Crippen LogP contribution in [0.5, 0.6) is 0 Å². The summed E-state index contributed by atoms with van der Waals surface area (Å²) in [6.45, 7) is 3.80. The van der Waals surface area contributed by atoms with E-state index in [1.807, 2.05) is 24.4 Å². The maximum Gasteiger partial charge on any atom is 0.244 e. The Morgan fingerprint density at radius 1 is 1.52 bits per heavy atom. The summed E-state index contributed by atoms with van der Waals surface area (Å²) in [5.41, 5.74) is 9.00. The Hall–Kier alpha value is -2.14. The standard InChI is InChI=1S/C16H20N4O/c1-3-12-9-18-15(19-12)14-8-11-6-4-5-7-13(11)20(14)16(21)10(2)17/h4-7,9-10,14H,3,8,17H2,1-2H3,(H,18,19). The van der Waals surface area contributed by atoms with Crippen molar-refractivity contribution in [2.45, 2.75) is 38.8 Å². The Morgan fingerprint density at radius 3 is 2.95 bits per heavy atom. The lowest BCUT2D eigenvalue weighted by Gasteiger charge is -2.26. The van der Waals surface area contributed by atoms with E-state index < -0.39 is 6.04 Å². The molecule has 1 aromatic carbocycles. The van der Waals surface area contributed by atoms with Gasteiger partial charge in [0, 0.05) is 24.0 Å². The van der Waals surface area contributed by atoms with Crippen molar-refractivity contribution >= 4 is 11.6 Å². The van der Waals surface area contributed by atoms with Crippen LogP contribution in [-0.4, -0.2) is 21.9 Å². The zero-order chi connectivity index (χ0) is 15.0. The predicted octanol–water partition coefficient (Wildman–Crippen LogP) is 1.95. The normalized spacial score (nSPS) is 18.6. The molecule has 0 bridgehead atoms. The van der Waals surface area contributed by atoms with Crippen LogP contribution in [0.15, 0.2) is 30.5 Å². The zero-order valence-electron chi connectivity index (χ0n) is 12.3. The quantitative estimate of drug-likeness (QED) is 0.904. The fourth-order valence-electron chi connectivity index (χ4n) is 2.82. The average Bonchev–Trinajstić information content (AvgIpc) is 3.10. The van der Waals surface area contributed by atoms with Crippen LogP contribution in [0.25, 0.3) is 0 Å². The monoisotopic (exact) mass is 284 g/mol. The van der Waals surface area contributed by atoms with Crippen LogP contribution < -0.4 is 10.6 Å². The molecule has 5 heteroatoms. The van der Waals surface area contributed by atoms with Crippen molar-refractivity contribution in [3.63, 3.8) is 0 Å². The van der Waals surface area contributed by atoms with Gasteiger partial charge in [-0.1, -0.05) is 25.1 Å². The highest BCUT2D eigenvalue weighted by Crippen LogP contribution is 2.39. The van der Waals surface area contributed by atoms with Gasteiger partial charge in [-0.15, -0.1) is 0 Å². The minimum Gasteiger partial charge on any atom is -0.344 e. The number of anilines is 1. The van der Waals surface area contributed by atoms with E-state index in [9.17, 15) is 4.79 Å². The summed E-state index contributed by atoms with van der Waals surface area (Å²) in [4.78, 5) is 22.1. The molecule has 0 spiro atoms. The molecule has 1 aromatic heterocycles. The zero-order valence-corrected chi connectivity index (χ0v) is 12.3. The number of nitrogens with two attached hydrogens (primary N) is 1. The maximum absolute atomic E-state index is 12.5. The van der Waals surface area contributed by atoms with E-state index in [0.29, 0.717) is 0 Å². The van der Waals surface area contributed by atoms with Gasteiger partial charge in [0.25, 0.3) is 0 Å². The van der Waals surface area contributed by atoms with Crippen LogP contribution in [0.1, 0.15) is 37.0 Å². The minimum atomic E-state index is -0.528. The number of aromatic nitrogens is 2. The molecule has 21 heavy (non-hydrogen) atoms. The molecular formula is C16H20N4O. The van der Waals surface area contributed by atoms with Crippen LogP contribution in [-0.2, 0) is 17.6 Å². The van der Waals surface area contributed by atoms with Gasteiger partial charge in [0.1, 0.15) is 5.82 Å². The van der Waals surface area contributed by atoms with Crippen molar-refractivity contribution in [2.75, 3.05) is 4.90 Å². The molecule has 0 aliphatic carbocycles. The summed E-state index contributed by atoms with van der Waals surface area (Å²) >= 11 is 0. The third-order valence-electron chi connectivity index (χ3n) is 3.95. The summed E-state index contributed by atoms with van der Waals surface area (Å²) < 4.78 is 0.